The Kier molecular flexibility index (Phi) is 2.60. The number of fused-ring (bicyclic) bond motifs is 1. The first-order chi connectivity index (χ1) is 10.6. The minimum atomic E-state index is -0.855. The molecular formula is C15H14N4O3. The van der Waals surface area contributed by atoms with Crippen molar-refractivity contribution in [3.05, 3.63) is 46.8 Å². The lowest BCUT2D eigenvalue weighted by Gasteiger charge is -2.20. The topological polar surface area (TPSA) is 88.3 Å². The molecule has 0 atom stereocenters. The van der Waals surface area contributed by atoms with Gasteiger partial charge in [0.1, 0.15) is 16.9 Å². The van der Waals surface area contributed by atoms with Crippen LogP contribution in [0.15, 0.2) is 28.9 Å². The van der Waals surface area contributed by atoms with Gasteiger partial charge in [0, 0.05) is 12.8 Å². The number of hydrogen-bond donors (Lipinski definition) is 1. The molecule has 112 valence electrons. The molecule has 4 rings (SSSR count). The Bertz CT molecular complexity index is 758. The molecule has 7 heteroatoms. The van der Waals surface area contributed by atoms with Gasteiger partial charge in [0.2, 0.25) is 0 Å². The van der Waals surface area contributed by atoms with E-state index in [2.05, 4.69) is 20.3 Å². The predicted octanol–water partition coefficient (Wildman–Crippen LogP) is 0.967. The van der Waals surface area contributed by atoms with E-state index in [9.17, 15) is 9.59 Å². The third-order valence-corrected chi connectivity index (χ3v) is 4.40. The molecule has 22 heavy (non-hydrogen) atoms. The standard InChI is InChI=1S/C15H14N4O3/c1-9-12(18-22-17-9)8-19-13(20)15(16-14(19)21)6-10-4-2-3-5-11(10)7-15/h2-5H,6-8H2,1H3,(H,16,21). The lowest BCUT2D eigenvalue weighted by atomic mass is 9.96. The van der Waals surface area contributed by atoms with Crippen molar-refractivity contribution in [3.63, 3.8) is 0 Å². The second-order valence-electron chi connectivity index (χ2n) is 5.82. The van der Waals surface area contributed by atoms with Gasteiger partial charge in [0.15, 0.2) is 0 Å². The summed E-state index contributed by atoms with van der Waals surface area (Å²) >= 11 is 0. The van der Waals surface area contributed by atoms with Crippen LogP contribution in [0.1, 0.15) is 22.5 Å². The van der Waals surface area contributed by atoms with Crippen LogP contribution in [0.3, 0.4) is 0 Å². The molecule has 0 unspecified atom stereocenters. The van der Waals surface area contributed by atoms with E-state index in [0.717, 1.165) is 11.1 Å². The number of benzene rings is 1. The lowest BCUT2D eigenvalue weighted by Crippen LogP contribution is -2.47. The summed E-state index contributed by atoms with van der Waals surface area (Å²) in [7, 11) is 0. The summed E-state index contributed by atoms with van der Waals surface area (Å²) in [5.41, 5.74) is 2.44. The Morgan fingerprint density at radius 3 is 2.50 bits per heavy atom. The molecule has 1 N–H and O–H groups in total. The van der Waals surface area contributed by atoms with Crippen molar-refractivity contribution in [1.82, 2.24) is 20.5 Å². The molecule has 1 fully saturated rings. The zero-order valence-corrected chi connectivity index (χ0v) is 12.0. The summed E-state index contributed by atoms with van der Waals surface area (Å²) in [6.45, 7) is 1.81. The maximum absolute atomic E-state index is 12.8. The molecule has 1 saturated heterocycles. The SMILES string of the molecule is Cc1nonc1CN1C(=O)NC2(Cc3ccccc3C2)C1=O. The summed E-state index contributed by atoms with van der Waals surface area (Å²) in [5.74, 6) is -0.212. The highest BCUT2D eigenvalue weighted by Gasteiger charge is 2.54. The van der Waals surface area contributed by atoms with E-state index >= 15 is 0 Å². The third kappa shape index (κ3) is 1.75. The molecule has 1 aromatic heterocycles. The third-order valence-electron chi connectivity index (χ3n) is 4.40. The number of urea groups is 1. The fourth-order valence-electron chi connectivity index (χ4n) is 3.22. The van der Waals surface area contributed by atoms with Gasteiger partial charge in [0.25, 0.3) is 5.91 Å². The van der Waals surface area contributed by atoms with E-state index in [4.69, 9.17) is 0 Å². The van der Waals surface area contributed by atoms with E-state index in [-0.39, 0.29) is 18.5 Å². The van der Waals surface area contributed by atoms with Crippen LogP contribution < -0.4 is 5.32 Å². The molecule has 2 aromatic rings. The van der Waals surface area contributed by atoms with Crippen LogP contribution >= 0.6 is 0 Å². The molecule has 0 saturated carbocycles. The fourth-order valence-corrected chi connectivity index (χ4v) is 3.22. The molecule has 2 heterocycles. The number of imide groups is 1. The first-order valence-corrected chi connectivity index (χ1v) is 7.08. The Hall–Kier alpha value is -2.70. The number of aromatic nitrogens is 2. The highest BCUT2D eigenvalue weighted by molar-refractivity contribution is 6.07. The molecule has 1 spiro atoms. The van der Waals surface area contributed by atoms with Crippen LogP contribution in [-0.4, -0.2) is 32.7 Å². The minimum absolute atomic E-state index is 0.0814. The highest BCUT2D eigenvalue weighted by atomic mass is 16.6. The summed E-state index contributed by atoms with van der Waals surface area (Å²) in [4.78, 5) is 26.3. The van der Waals surface area contributed by atoms with Crippen molar-refractivity contribution in [3.8, 4) is 0 Å². The molecule has 3 amide bonds. The van der Waals surface area contributed by atoms with Crippen molar-refractivity contribution in [2.45, 2.75) is 31.8 Å². The van der Waals surface area contributed by atoms with E-state index < -0.39 is 5.54 Å². The maximum atomic E-state index is 12.8. The van der Waals surface area contributed by atoms with Crippen LogP contribution in [0, 0.1) is 6.92 Å². The van der Waals surface area contributed by atoms with Gasteiger partial charge >= 0.3 is 6.03 Å². The summed E-state index contributed by atoms with van der Waals surface area (Å²) in [6, 6.07) is 7.50. The van der Waals surface area contributed by atoms with Crippen LogP contribution in [0.5, 0.6) is 0 Å². The van der Waals surface area contributed by atoms with Crippen molar-refractivity contribution >= 4 is 11.9 Å². The molecule has 1 aromatic carbocycles. The minimum Gasteiger partial charge on any atom is -0.322 e. The number of nitrogens with one attached hydrogen (secondary N) is 1. The van der Waals surface area contributed by atoms with Gasteiger partial charge < -0.3 is 5.32 Å². The van der Waals surface area contributed by atoms with E-state index in [1.165, 1.54) is 4.90 Å². The average molecular weight is 298 g/mol. The molecule has 1 aliphatic carbocycles. The number of aryl methyl sites for hydroxylation is 1. The normalized spacial score (nSPS) is 18.9. The van der Waals surface area contributed by atoms with Crippen LogP contribution in [0.2, 0.25) is 0 Å². The zero-order valence-electron chi connectivity index (χ0n) is 12.0. The largest absolute Gasteiger partial charge is 0.325 e. The van der Waals surface area contributed by atoms with Gasteiger partial charge in [-0.05, 0) is 18.1 Å². The van der Waals surface area contributed by atoms with Crippen molar-refractivity contribution in [1.29, 1.82) is 0 Å². The molecule has 0 radical (unpaired) electrons. The second kappa shape index (κ2) is 4.40. The maximum Gasteiger partial charge on any atom is 0.325 e. The average Bonchev–Trinajstić information content (AvgIpc) is 3.12. The van der Waals surface area contributed by atoms with Crippen LogP contribution in [0.4, 0.5) is 4.79 Å². The quantitative estimate of drug-likeness (QED) is 0.835. The monoisotopic (exact) mass is 298 g/mol. The number of amides is 3. The molecular weight excluding hydrogens is 284 g/mol. The smallest absolute Gasteiger partial charge is 0.322 e. The van der Waals surface area contributed by atoms with E-state index in [0.29, 0.717) is 24.2 Å². The van der Waals surface area contributed by atoms with Crippen LogP contribution in [-0.2, 0) is 24.2 Å². The van der Waals surface area contributed by atoms with Gasteiger partial charge in [-0.15, -0.1) is 0 Å². The summed E-state index contributed by atoms with van der Waals surface area (Å²) in [5, 5.41) is 10.3. The number of carbonyl (C=O) groups excluding carboxylic acids is 2. The van der Waals surface area contributed by atoms with Crippen LogP contribution in [0.25, 0.3) is 0 Å². The van der Waals surface area contributed by atoms with Crippen molar-refractivity contribution in [2.24, 2.45) is 0 Å². The Morgan fingerprint density at radius 2 is 1.91 bits per heavy atom. The summed E-state index contributed by atoms with van der Waals surface area (Å²) in [6.07, 6.45) is 1.06. The lowest BCUT2D eigenvalue weighted by molar-refractivity contribution is -0.131. The van der Waals surface area contributed by atoms with E-state index in [1.807, 2.05) is 24.3 Å². The number of nitrogens with zero attached hydrogens (tertiary/aromatic N) is 3. The van der Waals surface area contributed by atoms with E-state index in [1.54, 1.807) is 6.92 Å². The van der Waals surface area contributed by atoms with Gasteiger partial charge in [-0.3, -0.25) is 9.69 Å². The number of carbonyl (C=O) groups is 2. The second-order valence-corrected chi connectivity index (χ2v) is 5.82. The fraction of sp³-hybridized carbons (Fsp3) is 0.333. The molecule has 1 aliphatic heterocycles. The number of hydrogen-bond acceptors (Lipinski definition) is 5. The van der Waals surface area contributed by atoms with Gasteiger partial charge in [0.05, 0.1) is 6.54 Å². The predicted molar refractivity (Wildman–Crippen MR) is 74.7 cm³/mol. The zero-order chi connectivity index (χ0) is 15.3. The molecule has 0 bridgehead atoms. The summed E-state index contributed by atoms with van der Waals surface area (Å²) < 4.78 is 4.62. The van der Waals surface area contributed by atoms with Crippen molar-refractivity contribution in [2.75, 3.05) is 0 Å². The first kappa shape index (κ1) is 13.0. The highest BCUT2D eigenvalue weighted by Crippen LogP contribution is 2.35. The Balaban J connectivity index is 1.62. The first-order valence-electron chi connectivity index (χ1n) is 7.08. The van der Waals surface area contributed by atoms with Gasteiger partial charge in [-0.1, -0.05) is 34.6 Å². The van der Waals surface area contributed by atoms with Gasteiger partial charge in [-0.25, -0.2) is 9.42 Å². The van der Waals surface area contributed by atoms with Gasteiger partial charge in [-0.2, -0.15) is 0 Å². The Morgan fingerprint density at radius 1 is 1.23 bits per heavy atom. The molecule has 7 nitrogen and oxygen atoms in total. The Labute approximate surface area is 126 Å². The molecule has 2 aliphatic rings. The number of rotatable bonds is 2. The van der Waals surface area contributed by atoms with Crippen molar-refractivity contribution < 1.29 is 14.2 Å².